The zero-order valence-electron chi connectivity index (χ0n) is 18.7. The van der Waals surface area contributed by atoms with E-state index in [0.29, 0.717) is 0 Å². The Labute approximate surface area is 216 Å². The minimum atomic E-state index is 0. The van der Waals surface area contributed by atoms with Crippen LogP contribution in [0, 0.1) is 26.0 Å². The van der Waals surface area contributed by atoms with Crippen molar-refractivity contribution in [1.82, 2.24) is 9.97 Å². The van der Waals surface area contributed by atoms with E-state index in [1.807, 2.05) is 73.8 Å². The monoisotopic (exact) mass is 633 g/mol. The number of rotatable bonds is 1. The number of aromatic nitrogens is 2. The van der Waals surface area contributed by atoms with Crippen molar-refractivity contribution in [3.63, 3.8) is 0 Å². The van der Waals surface area contributed by atoms with Gasteiger partial charge in [0.05, 0.1) is 0 Å². The van der Waals surface area contributed by atoms with Crippen LogP contribution in [0.3, 0.4) is 0 Å². The van der Waals surface area contributed by atoms with E-state index in [4.69, 9.17) is 0 Å². The fraction of sp³-hybridized carbons (Fsp3) is 0.0667. The molecule has 0 bridgehead atoms. The van der Waals surface area contributed by atoms with Gasteiger partial charge in [-0.15, -0.1) is 76.4 Å². The summed E-state index contributed by atoms with van der Waals surface area (Å²) in [5.41, 5.74) is 5.32. The van der Waals surface area contributed by atoms with Crippen LogP contribution in [0.1, 0.15) is 11.3 Å². The van der Waals surface area contributed by atoms with Crippen molar-refractivity contribution in [2.75, 3.05) is 0 Å². The summed E-state index contributed by atoms with van der Waals surface area (Å²) in [6.07, 6.45) is 1.91. The molecule has 2 nitrogen and oxygen atoms in total. The largest absolute Gasteiger partial charge is 0.304 e. The maximum Gasteiger partial charge on any atom is 0.0345 e. The molecule has 4 heteroatoms. The first-order valence-electron chi connectivity index (χ1n) is 10.9. The van der Waals surface area contributed by atoms with Crippen LogP contribution in [0.4, 0.5) is 0 Å². The van der Waals surface area contributed by atoms with E-state index in [1.165, 1.54) is 30.9 Å². The molecule has 0 N–H and O–H groups in total. The quantitative estimate of drug-likeness (QED) is 0.135. The van der Waals surface area contributed by atoms with Gasteiger partial charge < -0.3 is 9.97 Å². The standard InChI is InChI=1S/C17H8NS.C13H12N.Ir/c1-2-5-12-10(4-1)11-6-3-7-13-15(11)16-14(19-13)8-9-18-17(12)16;1-10-5-3-7-12(9-10)13-8-4-6-11(2)14-13;/h1-4,6-9H;3-8H,1-2H3;/q2*-1;. The first-order valence-corrected chi connectivity index (χ1v) is 11.8. The van der Waals surface area contributed by atoms with Crippen LogP contribution in [-0.4, -0.2) is 9.97 Å². The van der Waals surface area contributed by atoms with Gasteiger partial charge in [0.15, 0.2) is 0 Å². The maximum atomic E-state index is 4.61. The van der Waals surface area contributed by atoms with E-state index in [0.717, 1.165) is 33.4 Å². The van der Waals surface area contributed by atoms with Gasteiger partial charge in [0.2, 0.25) is 0 Å². The van der Waals surface area contributed by atoms with Gasteiger partial charge in [-0.3, -0.25) is 0 Å². The summed E-state index contributed by atoms with van der Waals surface area (Å²) in [6, 6.07) is 33.6. The van der Waals surface area contributed by atoms with Crippen molar-refractivity contribution < 1.29 is 20.1 Å². The van der Waals surface area contributed by atoms with E-state index in [9.17, 15) is 0 Å². The van der Waals surface area contributed by atoms with Crippen molar-refractivity contribution >= 4 is 53.2 Å². The molecule has 0 aliphatic heterocycles. The van der Waals surface area contributed by atoms with Gasteiger partial charge >= 0.3 is 0 Å². The van der Waals surface area contributed by atoms with Crippen LogP contribution >= 0.6 is 11.3 Å². The van der Waals surface area contributed by atoms with Gasteiger partial charge in [0.1, 0.15) is 0 Å². The van der Waals surface area contributed by atoms with Crippen LogP contribution < -0.4 is 0 Å². The van der Waals surface area contributed by atoms with E-state index < -0.39 is 0 Å². The molecule has 0 aliphatic carbocycles. The molecule has 1 radical (unpaired) electrons. The molecule has 7 aromatic rings. The molecule has 0 atom stereocenters. The predicted octanol–water partition coefficient (Wildman–Crippen LogP) is 8.16. The summed E-state index contributed by atoms with van der Waals surface area (Å²) < 4.78 is 2.66. The number of thiophene rings is 1. The van der Waals surface area contributed by atoms with E-state index in [-0.39, 0.29) is 20.1 Å². The SMILES string of the molecule is Cc1[c-]c(-c2cccc(C)n2)ccc1.[Ir].[c-]1cccc2c1c1nccc3sc4cccc2c4c31. The van der Waals surface area contributed by atoms with Crippen molar-refractivity contribution in [2.45, 2.75) is 13.8 Å². The number of benzene rings is 4. The second-order valence-electron chi connectivity index (χ2n) is 8.18. The van der Waals surface area contributed by atoms with Gasteiger partial charge in [-0.05, 0) is 47.1 Å². The molecule has 0 saturated carbocycles. The molecule has 7 rings (SSSR count). The number of nitrogens with zero attached hydrogens (tertiary/aromatic N) is 2. The van der Waals surface area contributed by atoms with Gasteiger partial charge in [-0.2, -0.15) is 0 Å². The molecule has 0 amide bonds. The number of hydrogen-bond acceptors (Lipinski definition) is 3. The zero-order valence-corrected chi connectivity index (χ0v) is 21.9. The molecule has 3 aromatic heterocycles. The Morgan fingerprint density at radius 1 is 0.765 bits per heavy atom. The predicted molar refractivity (Wildman–Crippen MR) is 140 cm³/mol. The summed E-state index contributed by atoms with van der Waals surface area (Å²) in [4.78, 5) is 9.06. The maximum absolute atomic E-state index is 4.61. The Morgan fingerprint density at radius 3 is 2.41 bits per heavy atom. The van der Waals surface area contributed by atoms with Crippen LogP contribution in [0.5, 0.6) is 0 Å². The Bertz CT molecular complexity index is 1620. The summed E-state index contributed by atoms with van der Waals surface area (Å²) in [5.74, 6) is 0. The average molecular weight is 633 g/mol. The smallest absolute Gasteiger partial charge is 0.0345 e. The first-order chi connectivity index (χ1) is 16.2. The molecular weight excluding hydrogens is 613 g/mol. The zero-order chi connectivity index (χ0) is 22.4. The Kier molecular flexibility index (Phi) is 6.14. The number of pyridine rings is 2. The summed E-state index contributed by atoms with van der Waals surface area (Å²) in [5, 5.41) is 6.35. The van der Waals surface area contributed by atoms with Crippen LogP contribution in [0.15, 0.2) is 85.1 Å². The van der Waals surface area contributed by atoms with Crippen molar-refractivity contribution in [3.05, 3.63) is 108 Å². The van der Waals surface area contributed by atoms with Crippen molar-refractivity contribution in [1.29, 1.82) is 0 Å². The van der Waals surface area contributed by atoms with Gasteiger partial charge in [0.25, 0.3) is 0 Å². The molecule has 167 valence electrons. The second kappa shape index (κ2) is 9.23. The molecule has 3 heterocycles. The van der Waals surface area contributed by atoms with E-state index in [1.54, 1.807) is 0 Å². The summed E-state index contributed by atoms with van der Waals surface area (Å²) in [7, 11) is 0. The topological polar surface area (TPSA) is 25.8 Å². The van der Waals surface area contributed by atoms with E-state index in [2.05, 4.69) is 58.5 Å². The molecule has 34 heavy (non-hydrogen) atoms. The van der Waals surface area contributed by atoms with Crippen molar-refractivity contribution in [3.8, 4) is 11.3 Å². The molecule has 0 fully saturated rings. The molecule has 0 unspecified atom stereocenters. The van der Waals surface area contributed by atoms with Crippen LogP contribution in [0.25, 0.3) is 53.1 Å². The normalized spacial score (nSPS) is 11.0. The Hall–Kier alpha value is -3.17. The number of aryl methyl sites for hydroxylation is 2. The molecular formula is C30H20IrN2S-2. The third-order valence-corrected chi connectivity index (χ3v) is 7.02. The third-order valence-electron chi connectivity index (χ3n) is 5.90. The molecule has 0 spiro atoms. The second-order valence-corrected chi connectivity index (χ2v) is 9.27. The summed E-state index contributed by atoms with van der Waals surface area (Å²) in [6.45, 7) is 4.04. The minimum Gasteiger partial charge on any atom is -0.304 e. The first kappa shape index (κ1) is 22.6. The third kappa shape index (κ3) is 3.88. The fourth-order valence-electron chi connectivity index (χ4n) is 4.46. The van der Waals surface area contributed by atoms with Crippen LogP contribution in [-0.2, 0) is 20.1 Å². The average Bonchev–Trinajstić information content (AvgIpc) is 3.24. The van der Waals surface area contributed by atoms with Gasteiger partial charge in [-0.25, -0.2) is 0 Å². The Morgan fingerprint density at radius 2 is 1.56 bits per heavy atom. The van der Waals surface area contributed by atoms with E-state index >= 15 is 0 Å². The number of fused-ring (bicyclic) bond motifs is 3. The fourth-order valence-corrected chi connectivity index (χ4v) is 5.59. The van der Waals surface area contributed by atoms with Crippen LogP contribution in [0.2, 0.25) is 0 Å². The summed E-state index contributed by atoms with van der Waals surface area (Å²) >= 11 is 1.85. The number of hydrogen-bond donors (Lipinski definition) is 0. The molecule has 4 aromatic carbocycles. The Balaban J connectivity index is 0.000000145. The molecule has 0 aliphatic rings. The van der Waals surface area contributed by atoms with Gasteiger partial charge in [0, 0.05) is 41.4 Å². The molecule has 0 saturated heterocycles. The van der Waals surface area contributed by atoms with Gasteiger partial charge in [-0.1, -0.05) is 42.0 Å². The van der Waals surface area contributed by atoms with Crippen molar-refractivity contribution in [2.24, 2.45) is 0 Å². The minimum absolute atomic E-state index is 0.